The number of nitrogens with zero attached hydrogens (tertiary/aromatic N) is 5. The maximum atomic E-state index is 4.74. The molecule has 0 bridgehead atoms. The molecular weight excluding hydrogens is 370 g/mol. The Kier molecular flexibility index (Phi) is 7.13. The molecule has 0 radical (unpaired) electrons. The molecule has 0 unspecified atom stereocenters. The quantitative estimate of drug-likeness (QED) is 0.451. The average Bonchev–Trinajstić information content (AvgIpc) is 3.33. The lowest BCUT2D eigenvalue weighted by Crippen LogP contribution is -2.38. The fraction of sp³-hybridized carbons (Fsp3) is 0.400. The van der Waals surface area contributed by atoms with Crippen molar-refractivity contribution in [1.82, 2.24) is 30.4 Å². The van der Waals surface area contributed by atoms with Crippen molar-refractivity contribution in [3.05, 3.63) is 53.1 Å². The Morgan fingerprint density at radius 3 is 2.75 bits per heavy atom. The van der Waals surface area contributed by atoms with E-state index in [1.807, 2.05) is 25.1 Å². The lowest BCUT2D eigenvalue weighted by molar-refractivity contribution is 0.632. The number of benzene rings is 1. The molecule has 0 atom stereocenters. The fourth-order valence-electron chi connectivity index (χ4n) is 2.81. The van der Waals surface area contributed by atoms with E-state index in [4.69, 9.17) is 9.98 Å². The minimum absolute atomic E-state index is 0.610. The van der Waals surface area contributed by atoms with Crippen LogP contribution >= 0.6 is 11.3 Å². The van der Waals surface area contributed by atoms with Crippen molar-refractivity contribution in [3.8, 4) is 10.6 Å². The Labute approximate surface area is 170 Å². The van der Waals surface area contributed by atoms with Gasteiger partial charge in [0.1, 0.15) is 17.2 Å². The van der Waals surface area contributed by atoms with Crippen LogP contribution in [0, 0.1) is 6.92 Å². The van der Waals surface area contributed by atoms with Gasteiger partial charge in [-0.3, -0.25) is 0 Å². The van der Waals surface area contributed by atoms with Crippen molar-refractivity contribution in [2.24, 2.45) is 4.99 Å². The standard InChI is InChI=1S/C20H27N7S/c1-4-18-26-24-14-27(18)12-11-22-20(21-5-2)23-13-17-15(3)25-19(28-17)16-9-7-6-8-10-16/h6-10,14H,4-5,11-13H2,1-3H3,(H2,21,22,23). The predicted octanol–water partition coefficient (Wildman–Crippen LogP) is 3.03. The van der Waals surface area contributed by atoms with Gasteiger partial charge in [0.25, 0.3) is 0 Å². The van der Waals surface area contributed by atoms with Crippen LogP contribution in [0.3, 0.4) is 0 Å². The summed E-state index contributed by atoms with van der Waals surface area (Å²) in [4.78, 5) is 10.6. The summed E-state index contributed by atoms with van der Waals surface area (Å²) in [6.07, 6.45) is 2.65. The van der Waals surface area contributed by atoms with E-state index in [0.29, 0.717) is 6.54 Å². The number of thiazole rings is 1. The maximum Gasteiger partial charge on any atom is 0.191 e. The van der Waals surface area contributed by atoms with Gasteiger partial charge in [-0.15, -0.1) is 21.5 Å². The third-order valence-corrected chi connectivity index (χ3v) is 5.49. The van der Waals surface area contributed by atoms with Crippen LogP contribution in [0.4, 0.5) is 0 Å². The van der Waals surface area contributed by atoms with Gasteiger partial charge < -0.3 is 15.2 Å². The molecule has 28 heavy (non-hydrogen) atoms. The molecule has 0 spiro atoms. The molecule has 0 saturated carbocycles. The van der Waals surface area contributed by atoms with Gasteiger partial charge in [-0.2, -0.15) is 0 Å². The number of hydrogen-bond donors (Lipinski definition) is 2. The first-order valence-electron chi connectivity index (χ1n) is 9.61. The molecule has 2 heterocycles. The summed E-state index contributed by atoms with van der Waals surface area (Å²) >= 11 is 1.71. The molecule has 0 aliphatic carbocycles. The Morgan fingerprint density at radius 2 is 2.00 bits per heavy atom. The van der Waals surface area contributed by atoms with Gasteiger partial charge in [-0.25, -0.2) is 9.98 Å². The van der Waals surface area contributed by atoms with Crippen LogP contribution < -0.4 is 10.6 Å². The molecule has 2 aromatic heterocycles. The van der Waals surface area contributed by atoms with Gasteiger partial charge in [0.05, 0.1) is 12.2 Å². The third-order valence-electron chi connectivity index (χ3n) is 4.30. The minimum Gasteiger partial charge on any atom is -0.357 e. The van der Waals surface area contributed by atoms with Crippen LogP contribution in [-0.4, -0.2) is 38.8 Å². The second-order valence-electron chi connectivity index (χ2n) is 6.31. The summed E-state index contributed by atoms with van der Waals surface area (Å²) in [7, 11) is 0. The average molecular weight is 398 g/mol. The van der Waals surface area contributed by atoms with E-state index in [9.17, 15) is 0 Å². The van der Waals surface area contributed by atoms with Crippen LogP contribution in [0.1, 0.15) is 30.2 Å². The summed E-state index contributed by atoms with van der Waals surface area (Å²) in [6.45, 7) is 9.19. The van der Waals surface area contributed by atoms with E-state index in [1.165, 1.54) is 4.88 Å². The highest BCUT2D eigenvalue weighted by molar-refractivity contribution is 7.15. The number of aryl methyl sites for hydroxylation is 2. The lowest BCUT2D eigenvalue weighted by Gasteiger charge is -2.12. The molecule has 2 N–H and O–H groups in total. The first kappa shape index (κ1) is 20.0. The molecule has 0 aliphatic rings. The maximum absolute atomic E-state index is 4.74. The van der Waals surface area contributed by atoms with E-state index in [-0.39, 0.29) is 0 Å². The SMILES string of the molecule is CCNC(=NCc1sc(-c2ccccc2)nc1C)NCCn1cnnc1CC. The van der Waals surface area contributed by atoms with Crippen molar-refractivity contribution in [2.45, 2.75) is 40.3 Å². The predicted molar refractivity (Wildman–Crippen MR) is 115 cm³/mol. The Hall–Kier alpha value is -2.74. The Bertz CT molecular complexity index is 898. The van der Waals surface area contributed by atoms with E-state index in [0.717, 1.165) is 54.1 Å². The van der Waals surface area contributed by atoms with Crippen molar-refractivity contribution in [1.29, 1.82) is 0 Å². The smallest absolute Gasteiger partial charge is 0.191 e. The van der Waals surface area contributed by atoms with Crippen molar-refractivity contribution < 1.29 is 0 Å². The zero-order chi connectivity index (χ0) is 19.8. The Morgan fingerprint density at radius 1 is 1.18 bits per heavy atom. The molecule has 3 rings (SSSR count). The molecule has 0 saturated heterocycles. The van der Waals surface area contributed by atoms with Gasteiger partial charge in [-0.05, 0) is 13.8 Å². The summed E-state index contributed by atoms with van der Waals surface area (Å²) in [5, 5.41) is 15.8. The molecule has 0 aliphatic heterocycles. The number of guanidine groups is 1. The molecule has 0 fully saturated rings. The number of nitrogens with one attached hydrogen (secondary N) is 2. The topological polar surface area (TPSA) is 80.0 Å². The van der Waals surface area contributed by atoms with Gasteiger partial charge in [0, 0.05) is 36.5 Å². The van der Waals surface area contributed by atoms with Crippen LogP contribution in [-0.2, 0) is 19.5 Å². The van der Waals surface area contributed by atoms with Crippen LogP contribution in [0.2, 0.25) is 0 Å². The monoisotopic (exact) mass is 397 g/mol. The highest BCUT2D eigenvalue weighted by atomic mass is 32.1. The van der Waals surface area contributed by atoms with Crippen molar-refractivity contribution >= 4 is 17.3 Å². The summed E-state index contributed by atoms with van der Waals surface area (Å²) < 4.78 is 2.07. The molecule has 8 heteroatoms. The number of aromatic nitrogens is 4. The van der Waals surface area contributed by atoms with E-state index in [2.05, 4.69) is 51.4 Å². The summed E-state index contributed by atoms with van der Waals surface area (Å²) in [5.74, 6) is 1.81. The summed E-state index contributed by atoms with van der Waals surface area (Å²) in [6, 6.07) is 10.3. The van der Waals surface area contributed by atoms with Crippen molar-refractivity contribution in [2.75, 3.05) is 13.1 Å². The number of aliphatic imine (C=N–C) groups is 1. The zero-order valence-corrected chi connectivity index (χ0v) is 17.5. The van der Waals surface area contributed by atoms with Gasteiger partial charge in [0.15, 0.2) is 5.96 Å². The molecule has 1 aromatic carbocycles. The van der Waals surface area contributed by atoms with Crippen LogP contribution in [0.15, 0.2) is 41.7 Å². The molecular formula is C20H27N7S. The number of hydrogen-bond acceptors (Lipinski definition) is 5. The van der Waals surface area contributed by atoms with E-state index >= 15 is 0 Å². The largest absolute Gasteiger partial charge is 0.357 e. The Balaban J connectivity index is 1.62. The van der Waals surface area contributed by atoms with Crippen molar-refractivity contribution in [3.63, 3.8) is 0 Å². The first-order valence-corrected chi connectivity index (χ1v) is 10.4. The molecule has 7 nitrogen and oxygen atoms in total. The third kappa shape index (κ3) is 5.16. The van der Waals surface area contributed by atoms with E-state index in [1.54, 1.807) is 17.7 Å². The first-order chi connectivity index (χ1) is 13.7. The van der Waals surface area contributed by atoms with Gasteiger partial charge in [-0.1, -0.05) is 37.3 Å². The van der Waals surface area contributed by atoms with Gasteiger partial charge >= 0.3 is 0 Å². The number of rotatable bonds is 8. The second-order valence-corrected chi connectivity index (χ2v) is 7.39. The molecule has 3 aromatic rings. The normalized spacial score (nSPS) is 11.6. The van der Waals surface area contributed by atoms with E-state index < -0.39 is 0 Å². The molecule has 0 amide bonds. The minimum atomic E-state index is 0.610. The van der Waals surface area contributed by atoms with Crippen LogP contribution in [0.5, 0.6) is 0 Å². The molecule has 148 valence electrons. The highest BCUT2D eigenvalue weighted by Crippen LogP contribution is 2.28. The second kappa shape index (κ2) is 9.98. The zero-order valence-electron chi connectivity index (χ0n) is 16.6. The fourth-order valence-corrected chi connectivity index (χ4v) is 3.80. The highest BCUT2D eigenvalue weighted by Gasteiger charge is 2.09. The summed E-state index contributed by atoms with van der Waals surface area (Å²) in [5.41, 5.74) is 2.19. The van der Waals surface area contributed by atoms with Crippen LogP contribution in [0.25, 0.3) is 10.6 Å². The van der Waals surface area contributed by atoms with Gasteiger partial charge in [0.2, 0.25) is 0 Å². The lowest BCUT2D eigenvalue weighted by atomic mass is 10.2.